The number of hydrogen-bond acceptors (Lipinski definition) is 4. The minimum atomic E-state index is -0.559. The smallest absolute Gasteiger partial charge is 0.407 e. The van der Waals surface area contributed by atoms with Crippen LogP contribution in [0.5, 0.6) is 0 Å². The fraction of sp³-hybridized carbons (Fsp3) is 0.462. The molecule has 1 amide bonds. The summed E-state index contributed by atoms with van der Waals surface area (Å²) in [5.74, 6) is 0. The van der Waals surface area contributed by atoms with Crippen molar-refractivity contribution in [2.75, 3.05) is 13.2 Å². The molecule has 0 bridgehead atoms. The van der Waals surface area contributed by atoms with Crippen molar-refractivity contribution >= 4 is 6.09 Å². The van der Waals surface area contributed by atoms with Gasteiger partial charge in [-0.3, -0.25) is 0 Å². The van der Waals surface area contributed by atoms with Crippen LogP contribution in [0.2, 0.25) is 0 Å². The molecule has 0 radical (unpaired) electrons. The SMILES string of the molecule is O=C(N[C@H](CO)CCCO)OCc1ccccc1. The molecule has 1 rings (SSSR count). The highest BCUT2D eigenvalue weighted by Crippen LogP contribution is 2.01. The predicted octanol–water partition coefficient (Wildman–Crippen LogP) is 1.05. The molecule has 0 spiro atoms. The summed E-state index contributed by atoms with van der Waals surface area (Å²) in [5, 5.41) is 20.3. The first-order chi connectivity index (χ1) is 8.76. The van der Waals surface area contributed by atoms with E-state index in [4.69, 9.17) is 14.9 Å². The quantitative estimate of drug-likeness (QED) is 0.678. The topological polar surface area (TPSA) is 78.8 Å². The van der Waals surface area contributed by atoms with Gasteiger partial charge in [0.15, 0.2) is 0 Å². The van der Waals surface area contributed by atoms with Crippen LogP contribution in [0.3, 0.4) is 0 Å². The van der Waals surface area contributed by atoms with Gasteiger partial charge in [-0.2, -0.15) is 0 Å². The Morgan fingerprint density at radius 3 is 2.61 bits per heavy atom. The highest BCUT2D eigenvalue weighted by Gasteiger charge is 2.11. The van der Waals surface area contributed by atoms with E-state index in [1.54, 1.807) is 0 Å². The maximum absolute atomic E-state index is 11.4. The average molecular weight is 253 g/mol. The van der Waals surface area contributed by atoms with Crippen molar-refractivity contribution in [2.24, 2.45) is 0 Å². The van der Waals surface area contributed by atoms with Crippen LogP contribution in [0.1, 0.15) is 18.4 Å². The molecule has 3 N–H and O–H groups in total. The fourth-order valence-electron chi connectivity index (χ4n) is 1.48. The Morgan fingerprint density at radius 1 is 1.28 bits per heavy atom. The lowest BCUT2D eigenvalue weighted by molar-refractivity contribution is 0.127. The van der Waals surface area contributed by atoms with Gasteiger partial charge in [0.2, 0.25) is 0 Å². The Kier molecular flexibility index (Phi) is 6.83. The number of aliphatic hydroxyl groups excluding tert-OH is 2. The van der Waals surface area contributed by atoms with Crippen LogP contribution < -0.4 is 5.32 Å². The minimum Gasteiger partial charge on any atom is -0.445 e. The van der Waals surface area contributed by atoms with E-state index in [9.17, 15) is 4.79 Å². The second-order valence-corrected chi connectivity index (χ2v) is 3.95. The molecule has 0 aliphatic heterocycles. The highest BCUT2D eigenvalue weighted by molar-refractivity contribution is 5.67. The molecule has 0 heterocycles. The number of rotatable bonds is 7. The molecule has 0 aliphatic carbocycles. The number of amides is 1. The average Bonchev–Trinajstić information content (AvgIpc) is 2.42. The van der Waals surface area contributed by atoms with Gasteiger partial charge in [-0.15, -0.1) is 0 Å². The van der Waals surface area contributed by atoms with Crippen molar-refractivity contribution < 1.29 is 19.7 Å². The maximum Gasteiger partial charge on any atom is 0.407 e. The van der Waals surface area contributed by atoms with E-state index >= 15 is 0 Å². The van der Waals surface area contributed by atoms with E-state index in [0.717, 1.165) is 5.56 Å². The number of nitrogens with one attached hydrogen (secondary N) is 1. The van der Waals surface area contributed by atoms with Crippen LogP contribution in [0.4, 0.5) is 4.79 Å². The van der Waals surface area contributed by atoms with Gasteiger partial charge in [0, 0.05) is 6.61 Å². The zero-order valence-corrected chi connectivity index (χ0v) is 10.2. The third kappa shape index (κ3) is 5.65. The Balaban J connectivity index is 2.28. The summed E-state index contributed by atoms with van der Waals surface area (Å²) >= 11 is 0. The number of hydrogen-bond donors (Lipinski definition) is 3. The first-order valence-corrected chi connectivity index (χ1v) is 5.95. The van der Waals surface area contributed by atoms with Crippen molar-refractivity contribution in [1.29, 1.82) is 0 Å². The molecule has 1 aromatic carbocycles. The van der Waals surface area contributed by atoms with Gasteiger partial charge in [0.05, 0.1) is 12.6 Å². The Hall–Kier alpha value is -1.59. The molecule has 0 aromatic heterocycles. The number of benzene rings is 1. The van der Waals surface area contributed by atoms with Crippen molar-refractivity contribution in [2.45, 2.75) is 25.5 Å². The monoisotopic (exact) mass is 253 g/mol. The summed E-state index contributed by atoms with van der Waals surface area (Å²) in [4.78, 5) is 11.4. The fourth-order valence-corrected chi connectivity index (χ4v) is 1.48. The molecule has 1 aromatic rings. The summed E-state index contributed by atoms with van der Waals surface area (Å²) in [6.45, 7) is 0.0719. The summed E-state index contributed by atoms with van der Waals surface area (Å²) in [6.07, 6.45) is 0.494. The van der Waals surface area contributed by atoms with Gasteiger partial charge in [-0.25, -0.2) is 4.79 Å². The van der Waals surface area contributed by atoms with Gasteiger partial charge in [0.1, 0.15) is 6.61 Å². The van der Waals surface area contributed by atoms with Crippen LogP contribution in [-0.2, 0) is 11.3 Å². The summed E-state index contributed by atoms with van der Waals surface area (Å²) in [7, 11) is 0. The maximum atomic E-state index is 11.4. The van der Waals surface area contributed by atoms with Crippen LogP contribution in [0.25, 0.3) is 0 Å². The van der Waals surface area contributed by atoms with Gasteiger partial charge in [-0.1, -0.05) is 30.3 Å². The van der Waals surface area contributed by atoms with Crippen molar-refractivity contribution in [3.05, 3.63) is 35.9 Å². The first kappa shape index (κ1) is 14.5. The molecule has 0 unspecified atom stereocenters. The van der Waals surface area contributed by atoms with E-state index in [0.29, 0.717) is 12.8 Å². The molecule has 18 heavy (non-hydrogen) atoms. The molecular formula is C13H19NO4. The number of ether oxygens (including phenoxy) is 1. The third-order valence-corrected chi connectivity index (χ3v) is 2.47. The van der Waals surface area contributed by atoms with Crippen LogP contribution >= 0.6 is 0 Å². The largest absolute Gasteiger partial charge is 0.445 e. The second-order valence-electron chi connectivity index (χ2n) is 3.95. The summed E-state index contributed by atoms with van der Waals surface area (Å²) < 4.78 is 5.02. The van der Waals surface area contributed by atoms with Gasteiger partial charge >= 0.3 is 6.09 Å². The lowest BCUT2D eigenvalue weighted by Crippen LogP contribution is -2.37. The molecule has 1 atom stereocenters. The Morgan fingerprint density at radius 2 is 2.00 bits per heavy atom. The lowest BCUT2D eigenvalue weighted by atomic mass is 10.2. The molecule has 0 fully saturated rings. The zero-order chi connectivity index (χ0) is 13.2. The van der Waals surface area contributed by atoms with Crippen LogP contribution in [-0.4, -0.2) is 35.6 Å². The number of carbonyl (C=O) groups excluding carboxylic acids is 1. The van der Waals surface area contributed by atoms with Gasteiger partial charge in [0.25, 0.3) is 0 Å². The standard InChI is InChI=1S/C13H19NO4/c15-8-4-7-12(9-16)14-13(17)18-10-11-5-2-1-3-6-11/h1-3,5-6,12,15-16H,4,7-10H2,(H,14,17)/t12-/m0/s1. The molecule has 5 heteroatoms. The third-order valence-electron chi connectivity index (χ3n) is 2.47. The normalized spacial score (nSPS) is 11.9. The van der Waals surface area contributed by atoms with E-state index < -0.39 is 6.09 Å². The molecule has 5 nitrogen and oxygen atoms in total. The predicted molar refractivity (Wildman–Crippen MR) is 67.0 cm³/mol. The van der Waals surface area contributed by atoms with Crippen LogP contribution in [0.15, 0.2) is 30.3 Å². The van der Waals surface area contributed by atoms with E-state index in [2.05, 4.69) is 5.32 Å². The molecular weight excluding hydrogens is 234 g/mol. The van der Waals surface area contributed by atoms with E-state index in [-0.39, 0.29) is 25.9 Å². The number of aliphatic hydroxyl groups is 2. The zero-order valence-electron chi connectivity index (χ0n) is 10.2. The number of alkyl carbamates (subject to hydrolysis) is 1. The van der Waals surface area contributed by atoms with Crippen molar-refractivity contribution in [1.82, 2.24) is 5.32 Å². The van der Waals surface area contributed by atoms with E-state index in [1.807, 2.05) is 30.3 Å². The van der Waals surface area contributed by atoms with Crippen LogP contribution in [0, 0.1) is 0 Å². The highest BCUT2D eigenvalue weighted by atomic mass is 16.5. The lowest BCUT2D eigenvalue weighted by Gasteiger charge is -2.15. The first-order valence-electron chi connectivity index (χ1n) is 5.95. The van der Waals surface area contributed by atoms with E-state index in [1.165, 1.54) is 0 Å². The van der Waals surface area contributed by atoms with Gasteiger partial charge in [-0.05, 0) is 18.4 Å². The molecule has 0 aliphatic rings. The number of carbonyl (C=O) groups is 1. The van der Waals surface area contributed by atoms with Crippen molar-refractivity contribution in [3.63, 3.8) is 0 Å². The Labute approximate surface area is 106 Å². The summed E-state index contributed by atoms with van der Waals surface area (Å²) in [6, 6.07) is 8.98. The molecule has 0 saturated carbocycles. The summed E-state index contributed by atoms with van der Waals surface area (Å²) in [5.41, 5.74) is 0.906. The Bertz CT molecular complexity index is 342. The van der Waals surface area contributed by atoms with Gasteiger partial charge < -0.3 is 20.3 Å². The minimum absolute atomic E-state index is 0.0389. The molecule has 0 saturated heterocycles. The van der Waals surface area contributed by atoms with Crippen molar-refractivity contribution in [3.8, 4) is 0 Å². The second kappa shape index (κ2) is 8.49. The molecule has 100 valence electrons.